The Morgan fingerprint density at radius 3 is 2.53 bits per heavy atom. The van der Waals surface area contributed by atoms with Gasteiger partial charge in [0.2, 0.25) is 0 Å². The summed E-state index contributed by atoms with van der Waals surface area (Å²) in [6, 6.07) is 0. The fourth-order valence-corrected chi connectivity index (χ4v) is 6.89. The van der Waals surface area contributed by atoms with E-state index in [1.165, 1.54) is 18.2 Å². The number of carbonyl (C=O) groups is 2. The Kier molecular flexibility index (Phi) is 7.19. The van der Waals surface area contributed by atoms with E-state index in [2.05, 4.69) is 0 Å². The molecule has 9 nitrogen and oxygen atoms in total. The molecule has 9 heteroatoms. The van der Waals surface area contributed by atoms with Crippen molar-refractivity contribution in [1.29, 1.82) is 0 Å². The van der Waals surface area contributed by atoms with Crippen LogP contribution in [0.5, 0.6) is 0 Å². The van der Waals surface area contributed by atoms with E-state index in [4.69, 9.17) is 23.7 Å². The quantitative estimate of drug-likeness (QED) is 0.299. The summed E-state index contributed by atoms with van der Waals surface area (Å²) in [4.78, 5) is 25.9. The maximum absolute atomic E-state index is 13.0. The molecule has 5 aliphatic rings. The van der Waals surface area contributed by atoms with Crippen molar-refractivity contribution in [1.82, 2.24) is 0 Å². The molecular formula is C29H38O9. The molecule has 2 aliphatic carbocycles. The molecule has 0 amide bonds. The number of aliphatic hydroxyl groups excluding tert-OH is 2. The second kappa shape index (κ2) is 10.0. The molecule has 0 unspecified atom stereocenters. The van der Waals surface area contributed by atoms with Crippen LogP contribution in [0.4, 0.5) is 0 Å². The average molecular weight is 531 g/mol. The van der Waals surface area contributed by atoms with Crippen molar-refractivity contribution in [3.63, 3.8) is 0 Å². The molecule has 5 rings (SSSR count). The lowest BCUT2D eigenvalue weighted by Gasteiger charge is -2.58. The van der Waals surface area contributed by atoms with Crippen LogP contribution in [0.25, 0.3) is 0 Å². The molecule has 1 saturated carbocycles. The summed E-state index contributed by atoms with van der Waals surface area (Å²) in [6.45, 7) is 8.14. The van der Waals surface area contributed by atoms with Gasteiger partial charge in [-0.15, -0.1) is 0 Å². The molecule has 2 spiro atoms. The molecule has 2 bridgehead atoms. The minimum atomic E-state index is -1.11. The highest BCUT2D eigenvalue weighted by atomic mass is 16.7. The molecule has 0 aromatic carbocycles. The second-order valence-electron chi connectivity index (χ2n) is 11.5. The third-order valence-corrected chi connectivity index (χ3v) is 9.26. The number of rotatable bonds is 1. The number of esters is 2. The minimum Gasteiger partial charge on any atom is -0.462 e. The van der Waals surface area contributed by atoms with Crippen LogP contribution >= 0.6 is 0 Å². The first-order chi connectivity index (χ1) is 18.0. The van der Waals surface area contributed by atoms with E-state index in [1.807, 2.05) is 26.8 Å². The maximum Gasteiger partial charge on any atom is 0.331 e. The summed E-state index contributed by atoms with van der Waals surface area (Å²) >= 11 is 0. The van der Waals surface area contributed by atoms with Gasteiger partial charge in [0.15, 0.2) is 0 Å². The average Bonchev–Trinajstić information content (AvgIpc) is 3.64. The Morgan fingerprint density at radius 1 is 1.05 bits per heavy atom. The smallest absolute Gasteiger partial charge is 0.331 e. The predicted octanol–water partition coefficient (Wildman–Crippen LogP) is 2.31. The first kappa shape index (κ1) is 27.3. The molecule has 38 heavy (non-hydrogen) atoms. The van der Waals surface area contributed by atoms with Crippen LogP contribution in [0.1, 0.15) is 47.0 Å². The summed E-state index contributed by atoms with van der Waals surface area (Å²) in [5, 5.41) is 21.5. The van der Waals surface area contributed by atoms with E-state index in [1.54, 1.807) is 19.1 Å². The number of ether oxygens (including phenoxy) is 5. The van der Waals surface area contributed by atoms with Gasteiger partial charge < -0.3 is 33.9 Å². The van der Waals surface area contributed by atoms with Crippen LogP contribution in [-0.2, 0) is 33.3 Å². The Balaban J connectivity index is 1.54. The summed E-state index contributed by atoms with van der Waals surface area (Å²) in [7, 11) is 0. The number of aliphatic hydroxyl groups is 2. The van der Waals surface area contributed by atoms with E-state index >= 15 is 0 Å². The van der Waals surface area contributed by atoms with E-state index in [0.717, 1.165) is 17.6 Å². The van der Waals surface area contributed by atoms with E-state index in [9.17, 15) is 19.8 Å². The molecule has 3 heterocycles. The Bertz CT molecular complexity index is 1080. The lowest BCUT2D eigenvalue weighted by atomic mass is 9.51. The van der Waals surface area contributed by atoms with Crippen molar-refractivity contribution in [2.75, 3.05) is 19.8 Å². The normalized spacial score (nSPS) is 47.3. The maximum atomic E-state index is 13.0. The third kappa shape index (κ3) is 4.29. The van der Waals surface area contributed by atoms with Gasteiger partial charge in [0, 0.05) is 17.6 Å². The molecule has 208 valence electrons. The van der Waals surface area contributed by atoms with Crippen LogP contribution in [0.3, 0.4) is 0 Å². The van der Waals surface area contributed by atoms with Crippen LogP contribution in [0.2, 0.25) is 0 Å². The van der Waals surface area contributed by atoms with Crippen molar-refractivity contribution in [2.45, 2.75) is 89.2 Å². The number of epoxide rings is 1. The highest BCUT2D eigenvalue weighted by molar-refractivity contribution is 5.83. The van der Waals surface area contributed by atoms with Crippen LogP contribution < -0.4 is 0 Å². The van der Waals surface area contributed by atoms with Crippen molar-refractivity contribution >= 4 is 11.9 Å². The van der Waals surface area contributed by atoms with Crippen LogP contribution in [-0.4, -0.2) is 84.2 Å². The standard InChI is InChI=1S/C29H38O9/c1-17-9-11-28-15-35-23(32)14-18(2)10-12-34-20(19(3)30)7-5-6-8-22(31)38-25-24(33)26(37-21(28)13-17)29(16-36-29)27(25,28)4/h5-8,13-14,19-21,24-26,30,33H,9-12,15-16H2,1-4H3/b7-5-,8-6-,18-14-/t19-,20+,21-,24-,25+,26+,27+,28+,29+/m0/s1. The van der Waals surface area contributed by atoms with Gasteiger partial charge in [-0.05, 0) is 40.0 Å². The Morgan fingerprint density at radius 2 is 1.82 bits per heavy atom. The van der Waals surface area contributed by atoms with Gasteiger partial charge in [0.25, 0.3) is 0 Å². The summed E-state index contributed by atoms with van der Waals surface area (Å²) in [5.74, 6) is -1.11. The molecule has 0 aromatic rings. The molecule has 0 aromatic heterocycles. The first-order valence-electron chi connectivity index (χ1n) is 13.4. The number of hydrogen-bond acceptors (Lipinski definition) is 9. The van der Waals surface area contributed by atoms with E-state index in [-0.39, 0.29) is 6.61 Å². The van der Waals surface area contributed by atoms with E-state index < -0.39 is 65.0 Å². The van der Waals surface area contributed by atoms with Gasteiger partial charge >= 0.3 is 11.9 Å². The molecule has 2 N–H and O–H groups in total. The molecule has 3 aliphatic heterocycles. The fourth-order valence-electron chi connectivity index (χ4n) is 6.89. The van der Waals surface area contributed by atoms with Gasteiger partial charge in [-0.2, -0.15) is 0 Å². The lowest BCUT2D eigenvalue weighted by Crippen LogP contribution is -2.66. The van der Waals surface area contributed by atoms with Gasteiger partial charge in [-0.3, -0.25) is 0 Å². The van der Waals surface area contributed by atoms with Crippen molar-refractivity contribution < 1.29 is 43.5 Å². The van der Waals surface area contributed by atoms with Crippen LogP contribution in [0.15, 0.2) is 47.6 Å². The highest BCUT2D eigenvalue weighted by Crippen LogP contribution is 2.72. The topological polar surface area (TPSA) is 124 Å². The van der Waals surface area contributed by atoms with Crippen molar-refractivity contribution in [2.24, 2.45) is 10.8 Å². The van der Waals surface area contributed by atoms with Crippen molar-refractivity contribution in [3.05, 3.63) is 47.6 Å². The Labute approximate surface area is 223 Å². The summed E-state index contributed by atoms with van der Waals surface area (Å²) < 4.78 is 30.1. The van der Waals surface area contributed by atoms with Crippen LogP contribution in [0, 0.1) is 10.8 Å². The number of hydrogen-bond donors (Lipinski definition) is 2. The van der Waals surface area contributed by atoms with Gasteiger partial charge in [0.05, 0.1) is 30.8 Å². The number of carbonyl (C=O) groups excluding carboxylic acids is 2. The number of allylic oxidation sites excluding steroid dienone is 3. The largest absolute Gasteiger partial charge is 0.462 e. The summed E-state index contributed by atoms with van der Waals surface area (Å²) in [5.41, 5.74) is -0.543. The zero-order chi connectivity index (χ0) is 27.3. The summed E-state index contributed by atoms with van der Waals surface area (Å²) in [6.07, 6.45) is 6.92. The minimum absolute atomic E-state index is 0.0261. The first-order valence-corrected chi connectivity index (χ1v) is 13.4. The van der Waals surface area contributed by atoms with Crippen molar-refractivity contribution in [3.8, 4) is 0 Å². The highest BCUT2D eigenvalue weighted by Gasteiger charge is 2.85. The molecular weight excluding hydrogens is 492 g/mol. The zero-order valence-corrected chi connectivity index (χ0v) is 22.4. The SMILES string of the molecule is CC1=C[C@@H]2O[C@@H]3[C@@H](O)[C@H]4OC(=O)/C=C\C=C/[C@H]([C@H](C)O)OCC/C(C)=C\C(=O)OC[C@@]2(CC1)[C@]4(C)[C@@]31CO1. The predicted molar refractivity (Wildman–Crippen MR) is 136 cm³/mol. The second-order valence-corrected chi connectivity index (χ2v) is 11.5. The molecule has 3 fully saturated rings. The molecule has 0 radical (unpaired) electrons. The van der Waals surface area contributed by atoms with Gasteiger partial charge in [0.1, 0.15) is 36.6 Å². The van der Waals surface area contributed by atoms with Gasteiger partial charge in [-0.1, -0.05) is 42.4 Å². The fraction of sp³-hybridized carbons (Fsp3) is 0.655. The Hall–Kier alpha value is -2.30. The molecule has 9 atom stereocenters. The monoisotopic (exact) mass is 530 g/mol. The molecule has 2 saturated heterocycles. The zero-order valence-electron chi connectivity index (χ0n) is 22.4. The van der Waals surface area contributed by atoms with E-state index in [0.29, 0.717) is 26.1 Å². The van der Waals surface area contributed by atoms with Gasteiger partial charge in [-0.25, -0.2) is 9.59 Å². The third-order valence-electron chi connectivity index (χ3n) is 9.26. The lowest BCUT2D eigenvalue weighted by molar-refractivity contribution is -0.232. The number of cyclic esters (lactones) is 1.